The molecule has 1 aromatic carbocycles. The van der Waals surface area contributed by atoms with Gasteiger partial charge in [0.2, 0.25) is 0 Å². The fourth-order valence-corrected chi connectivity index (χ4v) is 3.73. The summed E-state index contributed by atoms with van der Waals surface area (Å²) in [6.45, 7) is 6.35. The third-order valence-electron chi connectivity index (χ3n) is 5.42. The first-order valence-electron chi connectivity index (χ1n) is 10.2. The normalized spacial score (nSPS) is 17.6. The number of hydrogen-bond acceptors (Lipinski definition) is 4. The van der Waals surface area contributed by atoms with Crippen LogP contribution < -0.4 is 10.6 Å². The average molecular weight is 424 g/mol. The molecule has 1 saturated heterocycles. The van der Waals surface area contributed by atoms with Crippen molar-refractivity contribution < 1.29 is 18.7 Å². The number of hydrogen-bond donors (Lipinski definition) is 2. The molecule has 2 amide bonds. The Morgan fingerprint density at radius 2 is 2.06 bits per heavy atom. The lowest BCUT2D eigenvalue weighted by atomic mass is 10.1. The van der Waals surface area contributed by atoms with Gasteiger partial charge in [0, 0.05) is 18.3 Å². The van der Waals surface area contributed by atoms with Crippen molar-refractivity contribution in [2.24, 2.45) is 0 Å². The molecule has 4 rings (SSSR count). The molecule has 2 aromatic heterocycles. The van der Waals surface area contributed by atoms with Crippen LogP contribution in [0.15, 0.2) is 42.7 Å². The molecule has 1 fully saturated rings. The number of rotatable bonds is 5. The van der Waals surface area contributed by atoms with Crippen molar-refractivity contribution in [2.75, 3.05) is 11.9 Å². The van der Waals surface area contributed by atoms with Crippen LogP contribution in [-0.2, 0) is 4.74 Å². The van der Waals surface area contributed by atoms with E-state index in [1.165, 1.54) is 18.3 Å². The lowest BCUT2D eigenvalue weighted by Crippen LogP contribution is -2.33. The first-order chi connectivity index (χ1) is 14.7. The quantitative estimate of drug-likeness (QED) is 0.654. The minimum Gasteiger partial charge on any atom is -0.371 e. The van der Waals surface area contributed by atoms with Crippen LogP contribution in [0.4, 0.5) is 10.1 Å². The van der Waals surface area contributed by atoms with E-state index in [1.54, 1.807) is 10.6 Å². The van der Waals surface area contributed by atoms with Crippen molar-refractivity contribution in [3.05, 3.63) is 65.4 Å². The number of aromatic nitrogens is 2. The van der Waals surface area contributed by atoms with E-state index in [9.17, 15) is 14.0 Å². The first-order valence-corrected chi connectivity index (χ1v) is 10.2. The lowest BCUT2D eigenvalue weighted by Gasteiger charge is -2.19. The summed E-state index contributed by atoms with van der Waals surface area (Å²) in [7, 11) is 0. The number of ether oxygens (including phenoxy) is 1. The highest BCUT2D eigenvalue weighted by molar-refractivity contribution is 6.04. The van der Waals surface area contributed by atoms with E-state index in [0.29, 0.717) is 12.2 Å². The lowest BCUT2D eigenvalue weighted by molar-refractivity contribution is -0.0138. The Balaban J connectivity index is 1.46. The van der Waals surface area contributed by atoms with Gasteiger partial charge in [-0.25, -0.2) is 9.37 Å². The van der Waals surface area contributed by atoms with Crippen molar-refractivity contribution in [1.29, 1.82) is 0 Å². The zero-order valence-corrected chi connectivity index (χ0v) is 17.7. The summed E-state index contributed by atoms with van der Waals surface area (Å²) in [5.74, 6) is -1.50. The Morgan fingerprint density at radius 3 is 2.81 bits per heavy atom. The summed E-state index contributed by atoms with van der Waals surface area (Å²) in [6, 6.07) is 7.58. The van der Waals surface area contributed by atoms with Gasteiger partial charge in [0.25, 0.3) is 11.8 Å². The van der Waals surface area contributed by atoms with Gasteiger partial charge in [-0.1, -0.05) is 0 Å². The maximum Gasteiger partial charge on any atom is 0.274 e. The Labute approximate surface area is 179 Å². The third kappa shape index (κ3) is 4.59. The van der Waals surface area contributed by atoms with E-state index in [0.717, 1.165) is 24.5 Å². The molecule has 0 bridgehead atoms. The second-order valence-corrected chi connectivity index (χ2v) is 8.47. The molecule has 31 heavy (non-hydrogen) atoms. The number of halogens is 1. The van der Waals surface area contributed by atoms with Crippen molar-refractivity contribution in [3.8, 4) is 0 Å². The second kappa shape index (κ2) is 8.11. The summed E-state index contributed by atoms with van der Waals surface area (Å²) in [4.78, 5) is 29.5. The first kappa shape index (κ1) is 21.0. The van der Waals surface area contributed by atoms with Crippen molar-refractivity contribution in [2.45, 2.75) is 45.3 Å². The minimum atomic E-state index is -0.629. The van der Waals surface area contributed by atoms with E-state index in [4.69, 9.17) is 4.74 Å². The van der Waals surface area contributed by atoms with Crippen LogP contribution in [-0.4, -0.2) is 39.4 Å². The number of amides is 2. The van der Waals surface area contributed by atoms with Crippen molar-refractivity contribution in [3.63, 3.8) is 0 Å². The molecular weight excluding hydrogens is 399 g/mol. The van der Waals surface area contributed by atoms with Gasteiger partial charge < -0.3 is 15.4 Å². The number of nitrogens with zero attached hydrogens (tertiary/aromatic N) is 2. The van der Waals surface area contributed by atoms with Crippen LogP contribution in [0.2, 0.25) is 0 Å². The van der Waals surface area contributed by atoms with Gasteiger partial charge in [0.05, 0.1) is 23.6 Å². The number of anilines is 1. The predicted molar refractivity (Wildman–Crippen MR) is 115 cm³/mol. The van der Waals surface area contributed by atoms with Gasteiger partial charge in [-0.05, 0) is 69.5 Å². The van der Waals surface area contributed by atoms with Gasteiger partial charge in [0.15, 0.2) is 0 Å². The Bertz CT molecular complexity index is 1150. The Morgan fingerprint density at radius 1 is 1.26 bits per heavy atom. The van der Waals surface area contributed by atoms with Crippen LogP contribution in [0, 0.1) is 12.7 Å². The minimum absolute atomic E-state index is 0.0441. The molecule has 1 aliphatic heterocycles. The topological polar surface area (TPSA) is 84.7 Å². The number of carbonyl (C=O) groups is 2. The van der Waals surface area contributed by atoms with Gasteiger partial charge >= 0.3 is 0 Å². The highest BCUT2D eigenvalue weighted by Crippen LogP contribution is 2.29. The number of imidazole rings is 1. The number of pyridine rings is 1. The summed E-state index contributed by atoms with van der Waals surface area (Å²) >= 11 is 0. The van der Waals surface area contributed by atoms with E-state index in [2.05, 4.69) is 15.6 Å². The molecule has 0 saturated carbocycles. The molecule has 3 aromatic rings. The molecule has 162 valence electrons. The Hall–Kier alpha value is -3.26. The van der Waals surface area contributed by atoms with Crippen LogP contribution >= 0.6 is 0 Å². The molecule has 0 spiro atoms. The van der Waals surface area contributed by atoms with Crippen LogP contribution in [0.5, 0.6) is 0 Å². The molecule has 0 radical (unpaired) electrons. The van der Waals surface area contributed by atoms with Gasteiger partial charge in [-0.2, -0.15) is 0 Å². The molecule has 1 unspecified atom stereocenters. The average Bonchev–Trinajstić information content (AvgIpc) is 3.29. The summed E-state index contributed by atoms with van der Waals surface area (Å²) in [5.41, 5.74) is 1.91. The maximum absolute atomic E-state index is 14.3. The molecule has 1 atom stereocenters. The van der Waals surface area contributed by atoms with Crippen molar-refractivity contribution >= 4 is 23.1 Å². The highest BCUT2D eigenvalue weighted by atomic mass is 19.1. The van der Waals surface area contributed by atoms with E-state index in [1.807, 2.05) is 32.9 Å². The second-order valence-electron chi connectivity index (χ2n) is 8.47. The molecule has 7 nitrogen and oxygen atoms in total. The highest BCUT2D eigenvalue weighted by Gasteiger charge is 2.31. The number of nitrogens with one attached hydrogen (secondary N) is 2. The smallest absolute Gasteiger partial charge is 0.274 e. The molecule has 2 N–H and O–H groups in total. The van der Waals surface area contributed by atoms with Crippen LogP contribution in [0.1, 0.15) is 53.1 Å². The predicted octanol–water partition coefficient (Wildman–Crippen LogP) is 3.72. The fourth-order valence-electron chi connectivity index (χ4n) is 3.73. The zero-order valence-electron chi connectivity index (χ0n) is 17.7. The maximum atomic E-state index is 14.3. The summed E-state index contributed by atoms with van der Waals surface area (Å²) < 4.78 is 21.8. The van der Waals surface area contributed by atoms with E-state index < -0.39 is 11.7 Å². The molecule has 3 heterocycles. The number of aryl methyl sites for hydroxylation is 1. The fraction of sp³-hybridized carbons (Fsp3) is 0.348. The number of fused-ring (bicyclic) bond motifs is 1. The molecule has 0 aliphatic carbocycles. The largest absolute Gasteiger partial charge is 0.371 e. The number of benzene rings is 1. The standard InChI is InChI=1S/C23H25FN4O3/c1-14-7-9-28-19(13-25-20(28)10-14)22(30)27-18-11-15(4-5-17(18)24)21(29)26-12-16-6-8-23(2,3)31-16/h4-5,7,9-11,13,16H,6,8,12H2,1-3H3,(H,26,29)(H,27,30). The van der Waals surface area contributed by atoms with Gasteiger partial charge in [-0.3, -0.25) is 14.0 Å². The monoisotopic (exact) mass is 424 g/mol. The van der Waals surface area contributed by atoms with Crippen molar-refractivity contribution in [1.82, 2.24) is 14.7 Å². The molecule has 8 heteroatoms. The summed E-state index contributed by atoms with van der Waals surface area (Å²) in [5, 5.41) is 5.37. The SMILES string of the molecule is Cc1ccn2c(C(=O)Nc3cc(C(=O)NCC4CCC(C)(C)O4)ccc3F)cnc2c1. The van der Waals surface area contributed by atoms with Crippen LogP contribution in [0.25, 0.3) is 5.65 Å². The van der Waals surface area contributed by atoms with E-state index in [-0.39, 0.29) is 34.6 Å². The summed E-state index contributed by atoms with van der Waals surface area (Å²) in [6.07, 6.45) is 4.93. The Kier molecular flexibility index (Phi) is 5.49. The zero-order chi connectivity index (χ0) is 22.2. The van der Waals surface area contributed by atoms with Gasteiger partial charge in [-0.15, -0.1) is 0 Å². The molecule has 1 aliphatic rings. The molecular formula is C23H25FN4O3. The van der Waals surface area contributed by atoms with Gasteiger partial charge in [0.1, 0.15) is 17.2 Å². The third-order valence-corrected chi connectivity index (χ3v) is 5.42. The van der Waals surface area contributed by atoms with E-state index >= 15 is 0 Å². The van der Waals surface area contributed by atoms with Crippen LogP contribution in [0.3, 0.4) is 0 Å². The number of carbonyl (C=O) groups excluding carboxylic acids is 2.